The van der Waals surface area contributed by atoms with Crippen molar-refractivity contribution in [3.8, 4) is 0 Å². The molecule has 0 aromatic heterocycles. The zero-order chi connectivity index (χ0) is 37.3. The van der Waals surface area contributed by atoms with E-state index in [1.54, 1.807) is 60.8 Å². The maximum Gasteiger partial charge on any atom is 0.407 e. The van der Waals surface area contributed by atoms with Gasteiger partial charge in [0.15, 0.2) is 5.78 Å². The van der Waals surface area contributed by atoms with E-state index in [4.69, 9.17) is 4.74 Å². The molecule has 5 amide bonds. The Morgan fingerprint density at radius 1 is 0.980 bits per heavy atom. The lowest BCUT2D eigenvalue weighted by Gasteiger charge is -2.36. The summed E-state index contributed by atoms with van der Waals surface area (Å²) in [4.78, 5) is 93.8. The number of amides is 5. The number of hydrogen-bond donors (Lipinski definition) is 4. The first-order valence-electron chi connectivity index (χ1n) is 17.6. The van der Waals surface area contributed by atoms with E-state index in [1.807, 2.05) is 20.8 Å². The highest BCUT2D eigenvalue weighted by atomic mass is 32.2. The molecule has 2 heterocycles. The van der Waals surface area contributed by atoms with Gasteiger partial charge in [-0.1, -0.05) is 64.4 Å². The molecule has 1 spiro atoms. The second-order valence-corrected chi connectivity index (χ2v) is 17.8. The smallest absolute Gasteiger partial charge is 0.407 e. The van der Waals surface area contributed by atoms with E-state index in [2.05, 4.69) is 21.3 Å². The van der Waals surface area contributed by atoms with E-state index in [-0.39, 0.29) is 18.7 Å². The zero-order valence-corrected chi connectivity index (χ0v) is 31.7. The highest BCUT2D eigenvalue weighted by Gasteiger charge is 2.53. The topological polar surface area (TPSA) is 180 Å². The van der Waals surface area contributed by atoms with Gasteiger partial charge in [-0.15, -0.1) is 23.5 Å². The number of nitrogens with zero attached hydrogens (tertiary/aromatic N) is 1. The molecule has 280 valence electrons. The monoisotopic (exact) mass is 745 g/mol. The van der Waals surface area contributed by atoms with Crippen molar-refractivity contribution in [3.63, 3.8) is 0 Å². The lowest BCUT2D eigenvalue weighted by molar-refractivity contribution is -0.144. The number of carbonyl (C=O) groups is 7. The summed E-state index contributed by atoms with van der Waals surface area (Å²) in [6.45, 7) is 8.65. The van der Waals surface area contributed by atoms with Crippen LogP contribution >= 0.6 is 23.5 Å². The van der Waals surface area contributed by atoms with Crippen molar-refractivity contribution in [1.82, 2.24) is 26.2 Å². The maximum atomic E-state index is 14.3. The van der Waals surface area contributed by atoms with Crippen LogP contribution in [0.1, 0.15) is 84.7 Å². The number of ether oxygens (including phenoxy) is 1. The van der Waals surface area contributed by atoms with Crippen molar-refractivity contribution in [2.24, 2.45) is 11.3 Å². The minimum absolute atomic E-state index is 0.152. The molecule has 1 saturated carbocycles. The molecular weight excluding hydrogens is 695 g/mol. The predicted octanol–water partition coefficient (Wildman–Crippen LogP) is 3.12. The standard InChI is InChI=1S/C36H51N5O8S2/c1-6-11-25(29(44)32(46)37-19-27(43)39-28(22(2)42)24-12-8-7-9-13-24)38-31(45)26-18-36(50-16-10-17-51-36)21-41(26)33(47)30(35(3,4)5)40-34(48)49-20-23-14-15-23/h7-9,12-13,23,25-26,28,30H,6,10-11,14-21H2,1-5H3,(H,37,46)(H,38,45)(H,39,43)(H,40,48). The molecule has 13 nitrogen and oxygen atoms in total. The van der Waals surface area contributed by atoms with Crippen LogP contribution in [0.5, 0.6) is 0 Å². The molecular formula is C36H51N5O8S2. The second-order valence-electron chi connectivity index (χ2n) is 14.6. The van der Waals surface area contributed by atoms with Crippen molar-refractivity contribution < 1.29 is 38.3 Å². The molecule has 15 heteroatoms. The maximum absolute atomic E-state index is 14.3. The summed E-state index contributed by atoms with van der Waals surface area (Å²) in [6.07, 6.45) is 3.28. The molecule has 2 aliphatic heterocycles. The molecule has 51 heavy (non-hydrogen) atoms. The molecule has 3 fully saturated rings. The molecule has 3 aliphatic rings. The number of Topliss-reactive ketones (excluding diaryl/α,β-unsaturated/α-hetero) is 2. The van der Waals surface area contributed by atoms with Crippen LogP contribution in [0.2, 0.25) is 0 Å². The van der Waals surface area contributed by atoms with Gasteiger partial charge in [0, 0.05) is 13.0 Å². The predicted molar refractivity (Wildman–Crippen MR) is 196 cm³/mol. The fourth-order valence-corrected chi connectivity index (χ4v) is 9.44. The van der Waals surface area contributed by atoms with Crippen LogP contribution in [0, 0.1) is 11.3 Å². The summed E-state index contributed by atoms with van der Waals surface area (Å²) in [5.74, 6) is -1.83. The summed E-state index contributed by atoms with van der Waals surface area (Å²) < 4.78 is 4.94. The highest BCUT2D eigenvalue weighted by molar-refractivity contribution is 8.18. The van der Waals surface area contributed by atoms with Crippen molar-refractivity contribution in [2.75, 3.05) is 31.2 Å². The Morgan fingerprint density at radius 2 is 1.65 bits per heavy atom. The Balaban J connectivity index is 1.44. The Kier molecular flexibility index (Phi) is 14.0. The highest BCUT2D eigenvalue weighted by Crippen LogP contribution is 2.50. The van der Waals surface area contributed by atoms with E-state index < -0.39 is 75.7 Å². The van der Waals surface area contributed by atoms with Crippen LogP contribution in [0.4, 0.5) is 4.79 Å². The van der Waals surface area contributed by atoms with Crippen LogP contribution in [0.15, 0.2) is 30.3 Å². The number of alkyl carbamates (subject to hydrolysis) is 1. The molecule has 4 atom stereocenters. The number of nitrogens with one attached hydrogen (secondary N) is 4. The third kappa shape index (κ3) is 11.2. The van der Waals surface area contributed by atoms with E-state index in [0.29, 0.717) is 30.9 Å². The van der Waals surface area contributed by atoms with Gasteiger partial charge in [-0.3, -0.25) is 28.8 Å². The van der Waals surface area contributed by atoms with Crippen LogP contribution in [-0.4, -0.2) is 99.6 Å². The third-order valence-corrected chi connectivity index (χ3v) is 12.4. The van der Waals surface area contributed by atoms with Crippen molar-refractivity contribution in [1.29, 1.82) is 0 Å². The number of ketones is 2. The number of benzene rings is 1. The zero-order valence-electron chi connectivity index (χ0n) is 30.1. The van der Waals surface area contributed by atoms with Gasteiger partial charge in [-0.2, -0.15) is 0 Å². The van der Waals surface area contributed by atoms with Crippen molar-refractivity contribution in [2.45, 2.75) is 101 Å². The van der Waals surface area contributed by atoms with Crippen LogP contribution in [-0.2, 0) is 33.5 Å². The molecule has 0 bridgehead atoms. The quantitative estimate of drug-likeness (QED) is 0.195. The normalized spacial score (nSPS) is 20.0. The third-order valence-electron chi connectivity index (χ3n) is 9.11. The van der Waals surface area contributed by atoms with E-state index in [1.165, 1.54) is 11.8 Å². The minimum Gasteiger partial charge on any atom is -0.449 e. The lowest BCUT2D eigenvalue weighted by atomic mass is 9.85. The lowest BCUT2D eigenvalue weighted by Crippen LogP contribution is -2.59. The Morgan fingerprint density at radius 3 is 2.24 bits per heavy atom. The van der Waals surface area contributed by atoms with Crippen molar-refractivity contribution >= 4 is 64.8 Å². The Labute approximate surface area is 308 Å². The minimum atomic E-state index is -1.20. The van der Waals surface area contributed by atoms with Gasteiger partial charge in [0.2, 0.25) is 23.5 Å². The molecule has 0 radical (unpaired) electrons. The molecule has 1 aromatic carbocycles. The number of carbonyl (C=O) groups excluding carboxylic acids is 7. The fourth-order valence-electron chi connectivity index (χ4n) is 6.09. The summed E-state index contributed by atoms with van der Waals surface area (Å²) >= 11 is 3.42. The van der Waals surface area contributed by atoms with Gasteiger partial charge < -0.3 is 30.9 Å². The number of hydrogen-bond acceptors (Lipinski definition) is 10. The second kappa shape index (κ2) is 17.8. The first-order valence-corrected chi connectivity index (χ1v) is 19.6. The first-order chi connectivity index (χ1) is 24.1. The van der Waals surface area contributed by atoms with Crippen LogP contribution in [0.25, 0.3) is 0 Å². The summed E-state index contributed by atoms with van der Waals surface area (Å²) in [5, 5.41) is 10.4. The first kappa shape index (κ1) is 40.2. The van der Waals surface area contributed by atoms with Gasteiger partial charge in [-0.05, 0) is 61.0 Å². The number of thioether (sulfide) groups is 2. The van der Waals surface area contributed by atoms with Gasteiger partial charge >= 0.3 is 6.09 Å². The van der Waals surface area contributed by atoms with Crippen molar-refractivity contribution in [3.05, 3.63) is 35.9 Å². The molecule has 4 N–H and O–H groups in total. The van der Waals surface area contributed by atoms with Gasteiger partial charge in [0.25, 0.3) is 5.91 Å². The molecule has 1 aromatic rings. The largest absolute Gasteiger partial charge is 0.449 e. The van der Waals surface area contributed by atoms with E-state index in [0.717, 1.165) is 30.8 Å². The van der Waals surface area contributed by atoms with Crippen LogP contribution in [0.3, 0.4) is 0 Å². The molecule has 4 unspecified atom stereocenters. The number of rotatable bonds is 15. The molecule has 4 rings (SSSR count). The van der Waals surface area contributed by atoms with Gasteiger partial charge in [-0.25, -0.2) is 4.79 Å². The summed E-state index contributed by atoms with van der Waals surface area (Å²) in [5.41, 5.74) is -0.133. The Hall–Kier alpha value is -3.59. The average molecular weight is 746 g/mol. The molecule has 1 aliphatic carbocycles. The Bertz CT molecular complexity index is 1460. The SMILES string of the molecule is CCCC(NC(=O)C1CC2(CN1C(=O)C(NC(=O)OCC1CC1)C(C)(C)C)SCCCS2)C(=O)C(=O)NCC(=O)NC(C(C)=O)c1ccccc1. The van der Waals surface area contributed by atoms with E-state index in [9.17, 15) is 33.6 Å². The van der Waals surface area contributed by atoms with Crippen LogP contribution < -0.4 is 21.3 Å². The van der Waals surface area contributed by atoms with Gasteiger partial charge in [0.05, 0.1) is 23.3 Å². The van der Waals surface area contributed by atoms with Gasteiger partial charge in [0.1, 0.15) is 18.1 Å². The summed E-state index contributed by atoms with van der Waals surface area (Å²) in [6, 6.07) is 4.60. The average Bonchev–Trinajstić information content (AvgIpc) is 3.86. The van der Waals surface area contributed by atoms with E-state index >= 15 is 0 Å². The molecule has 2 saturated heterocycles. The summed E-state index contributed by atoms with van der Waals surface area (Å²) in [7, 11) is 0. The fraction of sp³-hybridized carbons (Fsp3) is 0.639. The number of likely N-dealkylation sites (tertiary alicyclic amines) is 1.